The lowest BCUT2D eigenvalue weighted by Crippen LogP contribution is -2.33. The van der Waals surface area contributed by atoms with Crippen LogP contribution in [0.5, 0.6) is 0 Å². The first-order chi connectivity index (χ1) is 5.72. The summed E-state index contributed by atoms with van der Waals surface area (Å²) in [6.07, 6.45) is 0. The van der Waals surface area contributed by atoms with Crippen LogP contribution in [0, 0.1) is 0 Å². The van der Waals surface area contributed by atoms with Crippen molar-refractivity contribution in [3.05, 3.63) is 0 Å². The van der Waals surface area contributed by atoms with Gasteiger partial charge in [0, 0.05) is 12.6 Å². The van der Waals surface area contributed by atoms with Crippen molar-refractivity contribution < 1.29 is 9.84 Å². The number of nitrogens with zero attached hydrogens (tertiary/aromatic N) is 1. The van der Waals surface area contributed by atoms with Gasteiger partial charge in [-0.05, 0) is 20.4 Å². The van der Waals surface area contributed by atoms with E-state index in [2.05, 4.69) is 25.7 Å². The van der Waals surface area contributed by atoms with Gasteiger partial charge in [-0.2, -0.15) is 0 Å². The van der Waals surface area contributed by atoms with Gasteiger partial charge in [0.25, 0.3) is 0 Å². The van der Waals surface area contributed by atoms with Crippen LogP contribution in [-0.2, 0) is 4.74 Å². The smallest absolute Gasteiger partial charge is 0.0698 e. The second-order valence-electron chi connectivity index (χ2n) is 3.06. The highest BCUT2D eigenvalue weighted by Gasteiger charge is 2.05. The highest BCUT2D eigenvalue weighted by molar-refractivity contribution is 4.59. The van der Waals surface area contributed by atoms with Crippen molar-refractivity contribution >= 4 is 0 Å². The summed E-state index contributed by atoms with van der Waals surface area (Å²) >= 11 is 0. The Labute approximate surface area is 75.3 Å². The van der Waals surface area contributed by atoms with E-state index in [1.54, 1.807) is 0 Å². The normalized spacial score (nSPS) is 11.5. The molecule has 0 aromatic heterocycles. The Morgan fingerprint density at radius 1 is 1.33 bits per heavy atom. The van der Waals surface area contributed by atoms with Crippen molar-refractivity contribution in [2.24, 2.45) is 0 Å². The van der Waals surface area contributed by atoms with E-state index >= 15 is 0 Å². The second kappa shape index (κ2) is 7.53. The van der Waals surface area contributed by atoms with Crippen LogP contribution >= 0.6 is 0 Å². The van der Waals surface area contributed by atoms with Gasteiger partial charge in [0.15, 0.2) is 0 Å². The van der Waals surface area contributed by atoms with Crippen LogP contribution in [0.1, 0.15) is 20.8 Å². The van der Waals surface area contributed by atoms with Gasteiger partial charge in [-0.3, -0.25) is 4.90 Å². The molecule has 0 atom stereocenters. The largest absolute Gasteiger partial charge is 0.394 e. The van der Waals surface area contributed by atoms with E-state index in [9.17, 15) is 0 Å². The molecule has 0 aliphatic rings. The van der Waals surface area contributed by atoms with Crippen LogP contribution in [-0.4, -0.2) is 49.0 Å². The van der Waals surface area contributed by atoms with Gasteiger partial charge in [0.05, 0.1) is 19.8 Å². The van der Waals surface area contributed by atoms with Gasteiger partial charge in [-0.25, -0.2) is 0 Å². The molecule has 0 unspecified atom stereocenters. The maximum absolute atomic E-state index is 8.46. The van der Waals surface area contributed by atoms with Gasteiger partial charge >= 0.3 is 0 Å². The number of ether oxygens (including phenoxy) is 1. The van der Waals surface area contributed by atoms with Crippen molar-refractivity contribution in [2.45, 2.75) is 26.8 Å². The SMILES string of the molecule is CCN(CCOCCO)C(C)C. The van der Waals surface area contributed by atoms with Gasteiger partial charge < -0.3 is 9.84 Å². The highest BCUT2D eigenvalue weighted by atomic mass is 16.5. The summed E-state index contributed by atoms with van der Waals surface area (Å²) < 4.78 is 5.17. The zero-order valence-electron chi connectivity index (χ0n) is 8.42. The zero-order valence-corrected chi connectivity index (χ0v) is 8.42. The molecule has 0 bridgehead atoms. The number of rotatable bonds is 7. The molecule has 74 valence electrons. The first kappa shape index (κ1) is 11.9. The molecule has 0 spiro atoms. The molecule has 0 heterocycles. The minimum absolute atomic E-state index is 0.119. The van der Waals surface area contributed by atoms with E-state index in [4.69, 9.17) is 9.84 Å². The summed E-state index contributed by atoms with van der Waals surface area (Å²) in [5.74, 6) is 0. The summed E-state index contributed by atoms with van der Waals surface area (Å²) in [5.41, 5.74) is 0. The van der Waals surface area contributed by atoms with E-state index in [0.29, 0.717) is 19.3 Å². The topological polar surface area (TPSA) is 32.7 Å². The molecular formula is C9H21NO2. The van der Waals surface area contributed by atoms with Crippen molar-refractivity contribution in [3.63, 3.8) is 0 Å². The van der Waals surface area contributed by atoms with Crippen LogP contribution in [0.25, 0.3) is 0 Å². The summed E-state index contributed by atoms with van der Waals surface area (Å²) in [6, 6.07) is 0.577. The Balaban J connectivity index is 3.32. The molecule has 0 fully saturated rings. The fraction of sp³-hybridized carbons (Fsp3) is 1.00. The molecule has 0 aromatic carbocycles. The number of likely N-dealkylation sites (N-methyl/N-ethyl adjacent to an activating group) is 1. The molecule has 0 aliphatic carbocycles. The van der Waals surface area contributed by atoms with Crippen molar-refractivity contribution in [3.8, 4) is 0 Å². The third-order valence-electron chi connectivity index (χ3n) is 1.89. The molecule has 0 saturated heterocycles. The van der Waals surface area contributed by atoms with Crippen LogP contribution in [0.15, 0.2) is 0 Å². The van der Waals surface area contributed by atoms with E-state index in [-0.39, 0.29) is 6.61 Å². The average molecular weight is 175 g/mol. The lowest BCUT2D eigenvalue weighted by molar-refractivity contribution is 0.0683. The van der Waals surface area contributed by atoms with Gasteiger partial charge in [0.1, 0.15) is 0 Å². The molecule has 0 saturated carbocycles. The van der Waals surface area contributed by atoms with Gasteiger partial charge in [-0.15, -0.1) is 0 Å². The molecule has 0 aliphatic heterocycles. The average Bonchev–Trinajstić information content (AvgIpc) is 2.04. The number of hydrogen-bond acceptors (Lipinski definition) is 3. The molecule has 0 aromatic rings. The van der Waals surface area contributed by atoms with Crippen molar-refractivity contribution in [1.82, 2.24) is 4.90 Å². The third kappa shape index (κ3) is 5.52. The zero-order chi connectivity index (χ0) is 9.40. The Kier molecular flexibility index (Phi) is 7.45. The summed E-state index contributed by atoms with van der Waals surface area (Å²) in [4.78, 5) is 2.33. The highest BCUT2D eigenvalue weighted by Crippen LogP contribution is 1.96. The summed E-state index contributed by atoms with van der Waals surface area (Å²) in [5, 5.41) is 8.46. The molecule has 0 rings (SSSR count). The quantitative estimate of drug-likeness (QED) is 0.579. The van der Waals surface area contributed by atoms with Crippen molar-refractivity contribution in [1.29, 1.82) is 0 Å². The van der Waals surface area contributed by atoms with Crippen LogP contribution < -0.4 is 0 Å². The summed E-state index contributed by atoms with van der Waals surface area (Å²) in [7, 11) is 0. The van der Waals surface area contributed by atoms with E-state index in [0.717, 1.165) is 13.1 Å². The predicted octanol–water partition coefficient (Wildman–Crippen LogP) is 0.726. The fourth-order valence-electron chi connectivity index (χ4n) is 1.13. The van der Waals surface area contributed by atoms with Crippen LogP contribution in [0.3, 0.4) is 0 Å². The number of aliphatic hydroxyl groups excluding tert-OH is 1. The molecular weight excluding hydrogens is 154 g/mol. The molecule has 12 heavy (non-hydrogen) atoms. The Morgan fingerprint density at radius 2 is 2.00 bits per heavy atom. The van der Waals surface area contributed by atoms with Crippen LogP contribution in [0.2, 0.25) is 0 Å². The minimum Gasteiger partial charge on any atom is -0.394 e. The first-order valence-corrected chi connectivity index (χ1v) is 4.65. The van der Waals surface area contributed by atoms with Gasteiger partial charge in [-0.1, -0.05) is 6.92 Å². The van der Waals surface area contributed by atoms with E-state index in [1.807, 2.05) is 0 Å². The lowest BCUT2D eigenvalue weighted by atomic mass is 10.3. The first-order valence-electron chi connectivity index (χ1n) is 4.65. The maximum Gasteiger partial charge on any atom is 0.0698 e. The molecule has 1 N–H and O–H groups in total. The number of hydrogen-bond donors (Lipinski definition) is 1. The molecule has 0 amide bonds. The Hall–Kier alpha value is -0.120. The Bertz CT molecular complexity index is 96.5. The predicted molar refractivity (Wildman–Crippen MR) is 50.3 cm³/mol. The minimum atomic E-state index is 0.119. The van der Waals surface area contributed by atoms with Crippen LogP contribution in [0.4, 0.5) is 0 Å². The van der Waals surface area contributed by atoms with Gasteiger partial charge in [0.2, 0.25) is 0 Å². The maximum atomic E-state index is 8.46. The fourth-order valence-corrected chi connectivity index (χ4v) is 1.13. The summed E-state index contributed by atoms with van der Waals surface area (Å²) in [6.45, 7) is 9.79. The number of aliphatic hydroxyl groups is 1. The second-order valence-corrected chi connectivity index (χ2v) is 3.06. The standard InChI is InChI=1S/C9H21NO2/c1-4-10(9(2)3)5-7-12-8-6-11/h9,11H,4-8H2,1-3H3. The Morgan fingerprint density at radius 3 is 2.42 bits per heavy atom. The van der Waals surface area contributed by atoms with E-state index < -0.39 is 0 Å². The monoisotopic (exact) mass is 175 g/mol. The van der Waals surface area contributed by atoms with E-state index in [1.165, 1.54) is 0 Å². The third-order valence-corrected chi connectivity index (χ3v) is 1.89. The molecule has 0 radical (unpaired) electrons. The van der Waals surface area contributed by atoms with Crippen molar-refractivity contribution in [2.75, 3.05) is 32.9 Å². The lowest BCUT2D eigenvalue weighted by Gasteiger charge is -2.24. The molecule has 3 nitrogen and oxygen atoms in total. The molecule has 3 heteroatoms.